The first-order valence-corrected chi connectivity index (χ1v) is 6.66. The zero-order valence-corrected chi connectivity index (χ0v) is 12.1. The third-order valence-corrected chi connectivity index (χ3v) is 2.71. The van der Waals surface area contributed by atoms with Gasteiger partial charge in [0, 0.05) is 0 Å². The minimum absolute atomic E-state index is 0.650. The van der Waals surface area contributed by atoms with Gasteiger partial charge >= 0.3 is 0 Å². The van der Waals surface area contributed by atoms with E-state index in [-0.39, 0.29) is 0 Å². The SMILES string of the molecule is CC.CCCc1cc(C)cc(C)c1C(C)C. The summed E-state index contributed by atoms with van der Waals surface area (Å²) in [4.78, 5) is 0. The molecular weight excluding hydrogens is 192 g/mol. The van der Waals surface area contributed by atoms with Crippen LogP contribution in [0.4, 0.5) is 0 Å². The predicted octanol–water partition coefficient (Wildman–Crippen LogP) is 5.41. The maximum absolute atomic E-state index is 2.35. The molecule has 0 N–H and O–H groups in total. The van der Waals surface area contributed by atoms with Crippen LogP contribution in [0.1, 0.15) is 69.2 Å². The molecule has 0 bridgehead atoms. The van der Waals surface area contributed by atoms with Gasteiger partial charge in [0.1, 0.15) is 0 Å². The Morgan fingerprint density at radius 3 is 2.06 bits per heavy atom. The van der Waals surface area contributed by atoms with Crippen LogP contribution in [-0.2, 0) is 6.42 Å². The molecule has 0 radical (unpaired) electrons. The third-order valence-electron chi connectivity index (χ3n) is 2.71. The molecule has 1 aromatic carbocycles. The summed E-state index contributed by atoms with van der Waals surface area (Å²) in [5, 5.41) is 0. The van der Waals surface area contributed by atoms with E-state index in [1.54, 1.807) is 11.1 Å². The summed E-state index contributed by atoms with van der Waals surface area (Å²) >= 11 is 0. The van der Waals surface area contributed by atoms with E-state index in [9.17, 15) is 0 Å². The average Bonchev–Trinajstić information content (AvgIpc) is 2.19. The lowest BCUT2D eigenvalue weighted by atomic mass is 9.89. The van der Waals surface area contributed by atoms with Gasteiger partial charge in [-0.25, -0.2) is 0 Å². The van der Waals surface area contributed by atoms with Gasteiger partial charge < -0.3 is 0 Å². The highest BCUT2D eigenvalue weighted by Gasteiger charge is 2.09. The molecule has 0 heterocycles. The van der Waals surface area contributed by atoms with Crippen molar-refractivity contribution in [3.8, 4) is 0 Å². The second-order valence-electron chi connectivity index (χ2n) is 4.56. The standard InChI is InChI=1S/C14H22.C2H6/c1-6-7-13-9-11(4)8-12(5)14(13)10(2)3;1-2/h8-10H,6-7H2,1-5H3;1-2H3. The molecule has 1 rings (SSSR count). The van der Waals surface area contributed by atoms with Crippen LogP contribution >= 0.6 is 0 Å². The molecule has 0 atom stereocenters. The molecule has 0 saturated heterocycles. The monoisotopic (exact) mass is 220 g/mol. The molecule has 0 heteroatoms. The highest BCUT2D eigenvalue weighted by molar-refractivity contribution is 5.40. The van der Waals surface area contributed by atoms with Crippen molar-refractivity contribution in [2.75, 3.05) is 0 Å². The fraction of sp³-hybridized carbons (Fsp3) is 0.625. The van der Waals surface area contributed by atoms with Gasteiger partial charge in [-0.3, -0.25) is 0 Å². The van der Waals surface area contributed by atoms with Crippen molar-refractivity contribution in [2.45, 2.75) is 67.2 Å². The molecule has 1 aromatic rings. The number of benzene rings is 1. The molecule has 0 aliphatic carbocycles. The molecule has 0 aliphatic heterocycles. The Morgan fingerprint density at radius 1 is 1.06 bits per heavy atom. The van der Waals surface area contributed by atoms with E-state index < -0.39 is 0 Å². The first kappa shape index (κ1) is 15.2. The van der Waals surface area contributed by atoms with E-state index in [1.165, 1.54) is 24.0 Å². The van der Waals surface area contributed by atoms with Crippen LogP contribution in [0.3, 0.4) is 0 Å². The zero-order chi connectivity index (χ0) is 12.7. The Kier molecular flexibility index (Phi) is 7.12. The van der Waals surface area contributed by atoms with E-state index in [0.717, 1.165) is 0 Å². The van der Waals surface area contributed by atoms with Gasteiger partial charge in [0.05, 0.1) is 0 Å². The summed E-state index contributed by atoms with van der Waals surface area (Å²) in [6, 6.07) is 4.65. The van der Waals surface area contributed by atoms with Gasteiger partial charge in [0.2, 0.25) is 0 Å². The first-order chi connectivity index (χ1) is 7.56. The smallest absolute Gasteiger partial charge is 0.0213 e. The van der Waals surface area contributed by atoms with Gasteiger partial charge in [-0.1, -0.05) is 58.7 Å². The number of hydrogen-bond acceptors (Lipinski definition) is 0. The Bertz CT molecular complexity index is 308. The number of hydrogen-bond donors (Lipinski definition) is 0. The lowest BCUT2D eigenvalue weighted by Crippen LogP contribution is -2.00. The molecule has 0 fully saturated rings. The maximum atomic E-state index is 2.35. The van der Waals surface area contributed by atoms with Crippen LogP contribution in [0.2, 0.25) is 0 Å². The first-order valence-electron chi connectivity index (χ1n) is 6.66. The molecule has 0 saturated carbocycles. The quantitative estimate of drug-likeness (QED) is 0.639. The van der Waals surface area contributed by atoms with Crippen LogP contribution in [-0.4, -0.2) is 0 Å². The number of aryl methyl sites for hydroxylation is 3. The molecule has 0 nitrogen and oxygen atoms in total. The summed E-state index contributed by atoms with van der Waals surface area (Å²) in [5.74, 6) is 0.650. The van der Waals surface area contributed by atoms with Gasteiger partial charge in [0.25, 0.3) is 0 Å². The van der Waals surface area contributed by atoms with Gasteiger partial charge in [0.15, 0.2) is 0 Å². The van der Waals surface area contributed by atoms with Gasteiger partial charge in [-0.05, 0) is 42.9 Å². The lowest BCUT2D eigenvalue weighted by Gasteiger charge is -2.16. The van der Waals surface area contributed by atoms with E-state index in [2.05, 4.69) is 46.8 Å². The highest BCUT2D eigenvalue weighted by atomic mass is 14.1. The maximum Gasteiger partial charge on any atom is -0.0213 e. The van der Waals surface area contributed by atoms with Crippen molar-refractivity contribution in [1.82, 2.24) is 0 Å². The van der Waals surface area contributed by atoms with Crippen molar-refractivity contribution in [1.29, 1.82) is 0 Å². The molecule has 0 aliphatic rings. The van der Waals surface area contributed by atoms with Gasteiger partial charge in [-0.15, -0.1) is 0 Å². The average molecular weight is 220 g/mol. The summed E-state index contributed by atoms with van der Waals surface area (Å²) in [5.41, 5.74) is 5.98. The van der Waals surface area contributed by atoms with Crippen LogP contribution in [0.25, 0.3) is 0 Å². The fourth-order valence-electron chi connectivity index (χ4n) is 2.37. The predicted molar refractivity (Wildman–Crippen MR) is 75.3 cm³/mol. The van der Waals surface area contributed by atoms with E-state index in [1.807, 2.05) is 13.8 Å². The molecule has 92 valence electrons. The van der Waals surface area contributed by atoms with E-state index in [4.69, 9.17) is 0 Å². The fourth-order valence-corrected chi connectivity index (χ4v) is 2.37. The van der Waals surface area contributed by atoms with Gasteiger partial charge in [-0.2, -0.15) is 0 Å². The number of rotatable bonds is 3. The molecule has 0 spiro atoms. The van der Waals surface area contributed by atoms with Crippen LogP contribution in [0.5, 0.6) is 0 Å². The molecule has 0 unspecified atom stereocenters. The summed E-state index contributed by atoms with van der Waals surface area (Å²) in [7, 11) is 0. The second-order valence-corrected chi connectivity index (χ2v) is 4.56. The topological polar surface area (TPSA) is 0 Å². The molecular formula is C16H28. The lowest BCUT2D eigenvalue weighted by molar-refractivity contribution is 0.811. The Labute approximate surface area is 102 Å². The molecule has 16 heavy (non-hydrogen) atoms. The summed E-state index contributed by atoms with van der Waals surface area (Å²) in [6.07, 6.45) is 2.46. The molecule has 0 amide bonds. The van der Waals surface area contributed by atoms with Crippen molar-refractivity contribution in [3.63, 3.8) is 0 Å². The van der Waals surface area contributed by atoms with Crippen molar-refractivity contribution >= 4 is 0 Å². The molecule has 0 aromatic heterocycles. The van der Waals surface area contributed by atoms with E-state index in [0.29, 0.717) is 5.92 Å². The van der Waals surface area contributed by atoms with Crippen LogP contribution in [0.15, 0.2) is 12.1 Å². The third kappa shape index (κ3) is 4.00. The highest BCUT2D eigenvalue weighted by Crippen LogP contribution is 2.25. The Hall–Kier alpha value is -0.780. The Morgan fingerprint density at radius 2 is 1.62 bits per heavy atom. The second kappa shape index (κ2) is 7.49. The largest absolute Gasteiger partial charge is 0.0683 e. The van der Waals surface area contributed by atoms with E-state index >= 15 is 0 Å². The zero-order valence-electron chi connectivity index (χ0n) is 12.1. The van der Waals surface area contributed by atoms with Crippen molar-refractivity contribution in [3.05, 3.63) is 34.4 Å². The summed E-state index contributed by atoms with van der Waals surface area (Å²) in [6.45, 7) is 15.3. The minimum Gasteiger partial charge on any atom is -0.0683 e. The normalized spacial score (nSPS) is 10.0. The van der Waals surface area contributed by atoms with Crippen LogP contribution in [0, 0.1) is 13.8 Å². The van der Waals surface area contributed by atoms with Crippen molar-refractivity contribution in [2.24, 2.45) is 0 Å². The minimum atomic E-state index is 0.650. The Balaban J connectivity index is 0.00000106. The summed E-state index contributed by atoms with van der Waals surface area (Å²) < 4.78 is 0. The van der Waals surface area contributed by atoms with Crippen LogP contribution < -0.4 is 0 Å². The van der Waals surface area contributed by atoms with Crippen molar-refractivity contribution < 1.29 is 0 Å².